The molecule has 0 N–H and O–H groups in total. The lowest BCUT2D eigenvalue weighted by Gasteiger charge is -2.24. The maximum Gasteiger partial charge on any atom is 0.163 e. The molecule has 0 unspecified atom stereocenters. The third kappa shape index (κ3) is 4.42. The Morgan fingerprint density at radius 2 is 1.90 bits per heavy atom. The van der Waals surface area contributed by atoms with Gasteiger partial charge < -0.3 is 18.9 Å². The zero-order chi connectivity index (χ0) is 20.4. The second kappa shape index (κ2) is 8.11. The molecule has 152 valence electrons. The topological polar surface area (TPSA) is 36.9 Å². The van der Waals surface area contributed by atoms with E-state index in [0.29, 0.717) is 24.5 Å². The molecule has 3 aromatic carbocycles. The van der Waals surface area contributed by atoms with Crippen molar-refractivity contribution in [2.75, 3.05) is 13.7 Å². The third-order valence-electron chi connectivity index (χ3n) is 5.12. The van der Waals surface area contributed by atoms with Crippen LogP contribution in [0.25, 0.3) is 10.8 Å². The van der Waals surface area contributed by atoms with Crippen molar-refractivity contribution in [3.05, 3.63) is 77.6 Å². The summed E-state index contributed by atoms with van der Waals surface area (Å²) < 4.78 is 37.4. The van der Waals surface area contributed by atoms with Gasteiger partial charge in [0, 0.05) is 13.2 Å². The van der Waals surface area contributed by atoms with Crippen molar-refractivity contribution in [1.29, 1.82) is 0 Å². The van der Waals surface area contributed by atoms with Gasteiger partial charge in [-0.25, -0.2) is 4.39 Å². The minimum atomic E-state index is -0.678. The Kier molecular flexibility index (Phi) is 5.54. The van der Waals surface area contributed by atoms with Gasteiger partial charge in [-0.05, 0) is 47.9 Å². The number of fused-ring (bicyclic) bond motifs is 1. The van der Waals surface area contributed by atoms with Crippen molar-refractivity contribution in [3.63, 3.8) is 0 Å². The number of hydrogen-bond acceptors (Lipinski definition) is 4. The molecule has 0 amide bonds. The minimum absolute atomic E-state index is 0.317. The van der Waals surface area contributed by atoms with Crippen LogP contribution in [-0.2, 0) is 20.8 Å². The molecule has 1 heterocycles. The van der Waals surface area contributed by atoms with Crippen LogP contribution in [0, 0.1) is 5.82 Å². The maximum absolute atomic E-state index is 14.3. The molecule has 2 atom stereocenters. The number of rotatable bonds is 6. The summed E-state index contributed by atoms with van der Waals surface area (Å²) in [7, 11) is 1.58. The van der Waals surface area contributed by atoms with Crippen LogP contribution in [0.1, 0.15) is 31.1 Å². The van der Waals surface area contributed by atoms with Crippen molar-refractivity contribution < 1.29 is 23.3 Å². The quantitative estimate of drug-likeness (QED) is 0.559. The van der Waals surface area contributed by atoms with Crippen molar-refractivity contribution in [2.24, 2.45) is 0 Å². The molecule has 5 heteroatoms. The van der Waals surface area contributed by atoms with E-state index in [0.717, 1.165) is 16.3 Å². The van der Waals surface area contributed by atoms with Crippen LogP contribution in [-0.4, -0.2) is 25.6 Å². The Hall–Kier alpha value is -2.47. The van der Waals surface area contributed by atoms with E-state index < -0.39 is 11.9 Å². The highest BCUT2D eigenvalue weighted by molar-refractivity contribution is 5.85. The highest BCUT2D eigenvalue weighted by Crippen LogP contribution is 2.34. The van der Waals surface area contributed by atoms with E-state index in [2.05, 4.69) is 18.2 Å². The van der Waals surface area contributed by atoms with E-state index in [1.54, 1.807) is 13.2 Å². The number of benzene rings is 3. The standard InChI is InChI=1S/C24H25FO4/c1-24(2)28-15-22(29-24)23(26-3)18-11-19(25)13-20(12-18)27-14-17-9-6-8-16-7-4-5-10-21(16)17/h4-13,22-23H,14-15H2,1-3H3/t22-,23+/m1/s1. The van der Waals surface area contributed by atoms with E-state index in [4.69, 9.17) is 18.9 Å². The smallest absolute Gasteiger partial charge is 0.163 e. The summed E-state index contributed by atoms with van der Waals surface area (Å²) in [6.07, 6.45) is -0.768. The number of methoxy groups -OCH3 is 1. The summed E-state index contributed by atoms with van der Waals surface area (Å²) in [5, 5.41) is 2.27. The van der Waals surface area contributed by atoms with Crippen LogP contribution >= 0.6 is 0 Å². The second-order valence-electron chi connectivity index (χ2n) is 7.67. The fraction of sp³-hybridized carbons (Fsp3) is 0.333. The molecule has 1 saturated heterocycles. The summed E-state index contributed by atoms with van der Waals surface area (Å²) in [6, 6.07) is 18.9. The molecule has 3 aromatic rings. The monoisotopic (exact) mass is 396 g/mol. The van der Waals surface area contributed by atoms with Gasteiger partial charge in [-0.3, -0.25) is 0 Å². The first kappa shape index (κ1) is 19.8. The zero-order valence-electron chi connectivity index (χ0n) is 16.9. The highest BCUT2D eigenvalue weighted by Gasteiger charge is 2.38. The van der Waals surface area contributed by atoms with Crippen LogP contribution in [0.5, 0.6) is 5.75 Å². The molecule has 29 heavy (non-hydrogen) atoms. The average Bonchev–Trinajstić information content (AvgIpc) is 3.06. The molecule has 0 aliphatic carbocycles. The van der Waals surface area contributed by atoms with Crippen LogP contribution in [0.2, 0.25) is 0 Å². The van der Waals surface area contributed by atoms with Crippen molar-refractivity contribution in [2.45, 2.75) is 38.4 Å². The Labute approximate surface area is 170 Å². The molecule has 0 bridgehead atoms. The van der Waals surface area contributed by atoms with Gasteiger partial charge in [0.2, 0.25) is 0 Å². The van der Waals surface area contributed by atoms with Gasteiger partial charge in [-0.2, -0.15) is 0 Å². The van der Waals surface area contributed by atoms with Crippen LogP contribution in [0.4, 0.5) is 4.39 Å². The van der Waals surface area contributed by atoms with Gasteiger partial charge in [0.25, 0.3) is 0 Å². The first-order valence-electron chi connectivity index (χ1n) is 9.70. The molecule has 1 fully saturated rings. The van der Waals surface area contributed by atoms with Gasteiger partial charge in [0.05, 0.1) is 6.61 Å². The fourth-order valence-corrected chi connectivity index (χ4v) is 3.78. The lowest BCUT2D eigenvalue weighted by atomic mass is 10.0. The third-order valence-corrected chi connectivity index (χ3v) is 5.12. The summed E-state index contributed by atoms with van der Waals surface area (Å²) in [5.74, 6) is -0.605. The average molecular weight is 396 g/mol. The lowest BCUT2D eigenvalue weighted by Crippen LogP contribution is -2.26. The largest absolute Gasteiger partial charge is 0.489 e. The second-order valence-corrected chi connectivity index (χ2v) is 7.67. The van der Waals surface area contributed by atoms with E-state index >= 15 is 0 Å². The first-order chi connectivity index (χ1) is 13.9. The SMILES string of the molecule is CO[C@@H](c1cc(F)cc(OCc2cccc3ccccc23)c1)[C@H]1COC(C)(C)O1. The Bertz CT molecular complexity index is 996. The van der Waals surface area contributed by atoms with Gasteiger partial charge in [-0.15, -0.1) is 0 Å². The van der Waals surface area contributed by atoms with E-state index in [-0.39, 0.29) is 11.9 Å². The number of hydrogen-bond donors (Lipinski definition) is 0. The van der Waals surface area contributed by atoms with Crippen LogP contribution in [0.3, 0.4) is 0 Å². The molecule has 4 rings (SSSR count). The normalized spacial score (nSPS) is 19.4. The fourth-order valence-electron chi connectivity index (χ4n) is 3.78. The van der Waals surface area contributed by atoms with Crippen molar-refractivity contribution in [3.8, 4) is 5.75 Å². The molecular weight excluding hydrogens is 371 g/mol. The molecule has 1 aliphatic heterocycles. The Morgan fingerprint density at radius 3 is 2.66 bits per heavy atom. The molecule has 0 radical (unpaired) electrons. The van der Waals surface area contributed by atoms with Crippen LogP contribution in [0.15, 0.2) is 60.7 Å². The van der Waals surface area contributed by atoms with Gasteiger partial charge in [0.1, 0.15) is 30.4 Å². The molecule has 0 spiro atoms. The van der Waals surface area contributed by atoms with Gasteiger partial charge in [0.15, 0.2) is 5.79 Å². The van der Waals surface area contributed by atoms with Gasteiger partial charge in [-0.1, -0.05) is 42.5 Å². The molecule has 0 aromatic heterocycles. The van der Waals surface area contributed by atoms with E-state index in [9.17, 15) is 4.39 Å². The van der Waals surface area contributed by atoms with Crippen molar-refractivity contribution in [1.82, 2.24) is 0 Å². The summed E-state index contributed by atoms with van der Waals surface area (Å²) in [4.78, 5) is 0. The number of halogens is 1. The van der Waals surface area contributed by atoms with E-state index in [1.165, 1.54) is 12.1 Å². The van der Waals surface area contributed by atoms with Crippen molar-refractivity contribution >= 4 is 10.8 Å². The van der Waals surface area contributed by atoms with Crippen LogP contribution < -0.4 is 4.74 Å². The predicted molar refractivity (Wildman–Crippen MR) is 109 cm³/mol. The molecule has 4 nitrogen and oxygen atoms in total. The zero-order valence-corrected chi connectivity index (χ0v) is 16.9. The minimum Gasteiger partial charge on any atom is -0.489 e. The molecule has 0 saturated carbocycles. The first-order valence-corrected chi connectivity index (χ1v) is 9.70. The lowest BCUT2D eigenvalue weighted by molar-refractivity contribution is -0.154. The summed E-state index contributed by atoms with van der Waals surface area (Å²) in [5.41, 5.74) is 1.71. The predicted octanol–water partition coefficient (Wildman–Crippen LogP) is 5.40. The number of ether oxygens (including phenoxy) is 4. The molecule has 1 aliphatic rings. The Morgan fingerprint density at radius 1 is 1.10 bits per heavy atom. The molecular formula is C24H25FO4. The van der Waals surface area contributed by atoms with Gasteiger partial charge >= 0.3 is 0 Å². The Balaban J connectivity index is 1.55. The maximum atomic E-state index is 14.3. The summed E-state index contributed by atoms with van der Waals surface area (Å²) >= 11 is 0. The highest BCUT2D eigenvalue weighted by atomic mass is 19.1. The van der Waals surface area contributed by atoms with E-state index in [1.807, 2.05) is 38.1 Å². The summed E-state index contributed by atoms with van der Waals surface area (Å²) in [6.45, 7) is 4.43.